The van der Waals surface area contributed by atoms with Crippen LogP contribution in [0.15, 0.2) is 47.7 Å². The third-order valence-corrected chi connectivity index (χ3v) is 12.1. The first kappa shape index (κ1) is 43.2. The van der Waals surface area contributed by atoms with Gasteiger partial charge in [-0.15, -0.1) is 0 Å². The molecule has 1 unspecified atom stereocenters. The maximum absolute atomic E-state index is 13.3. The number of nitrogen functional groups attached to an aromatic ring is 1. The Morgan fingerprint density at radius 1 is 0.937 bits per heavy atom. The fourth-order valence-electron chi connectivity index (χ4n) is 8.74. The lowest BCUT2D eigenvalue weighted by Crippen LogP contribution is -2.52. The maximum atomic E-state index is 13.3. The number of hydrogen-bond acceptors (Lipinski definition) is 14. The molecule has 332 valence electrons. The molecule has 4 aliphatic rings. The minimum atomic E-state index is -0.695. The molecule has 63 heavy (non-hydrogen) atoms. The number of ether oxygens (including phenoxy) is 2. The second-order valence-electron chi connectivity index (χ2n) is 16.3. The van der Waals surface area contributed by atoms with Gasteiger partial charge in [0.05, 0.1) is 30.5 Å². The van der Waals surface area contributed by atoms with Crippen molar-refractivity contribution in [1.82, 2.24) is 39.5 Å². The lowest BCUT2D eigenvalue weighted by atomic mass is 10.0. The average molecular weight is 863 g/mol. The number of unbranched alkanes of at least 4 members (excludes halogenated alkanes) is 4. The van der Waals surface area contributed by atoms with E-state index in [0.717, 1.165) is 94.6 Å². The van der Waals surface area contributed by atoms with Gasteiger partial charge in [-0.25, -0.2) is 15.0 Å². The number of fused-ring (bicyclic) bond motifs is 4. The topological polar surface area (TPSA) is 232 Å². The molecular weight excluding hydrogens is 809 g/mol. The van der Waals surface area contributed by atoms with Crippen LogP contribution in [-0.4, -0.2) is 129 Å². The quantitative estimate of drug-likeness (QED) is 0.0884. The van der Waals surface area contributed by atoms with Gasteiger partial charge in [0, 0.05) is 83.0 Å². The third kappa shape index (κ3) is 9.94. The van der Waals surface area contributed by atoms with Crippen molar-refractivity contribution in [2.45, 2.75) is 76.9 Å². The number of piperidine rings is 1. The summed E-state index contributed by atoms with van der Waals surface area (Å²) in [5, 5.41) is 9.48. The highest BCUT2D eigenvalue weighted by molar-refractivity contribution is 6.09. The lowest BCUT2D eigenvalue weighted by molar-refractivity contribution is -0.137. The van der Waals surface area contributed by atoms with Gasteiger partial charge >= 0.3 is 0 Å². The Morgan fingerprint density at radius 2 is 1.68 bits per heavy atom. The number of carbonyl (C=O) groups excluding carboxylic acids is 5. The van der Waals surface area contributed by atoms with E-state index in [9.17, 15) is 24.0 Å². The van der Waals surface area contributed by atoms with E-state index in [2.05, 4.69) is 40.7 Å². The minimum Gasteiger partial charge on any atom is -0.491 e. The number of anilines is 3. The largest absolute Gasteiger partial charge is 0.491 e. The van der Waals surface area contributed by atoms with Gasteiger partial charge in [-0.3, -0.25) is 33.9 Å². The van der Waals surface area contributed by atoms with Crippen LogP contribution >= 0.6 is 0 Å². The van der Waals surface area contributed by atoms with Crippen molar-refractivity contribution in [3.8, 4) is 11.5 Å². The van der Waals surface area contributed by atoms with Gasteiger partial charge in [-0.2, -0.15) is 4.99 Å². The predicted molar refractivity (Wildman–Crippen MR) is 233 cm³/mol. The molecule has 19 nitrogen and oxygen atoms in total. The summed E-state index contributed by atoms with van der Waals surface area (Å²) in [6, 6.07) is 8.52. The molecule has 2 saturated heterocycles. The van der Waals surface area contributed by atoms with Crippen LogP contribution in [-0.2, 0) is 27.5 Å². The summed E-state index contributed by atoms with van der Waals surface area (Å²) in [6.07, 6.45) is 9.40. The molecule has 8 rings (SSSR count). The number of carbonyl (C=O) groups is 5. The minimum absolute atomic E-state index is 0.0737. The number of methoxy groups -OCH3 is 1. The molecule has 2 fully saturated rings. The third-order valence-electron chi connectivity index (χ3n) is 12.1. The van der Waals surface area contributed by atoms with Crippen molar-refractivity contribution in [2.75, 3.05) is 75.9 Å². The normalized spacial score (nSPS) is 18.0. The van der Waals surface area contributed by atoms with Crippen LogP contribution in [0, 0.1) is 0 Å². The van der Waals surface area contributed by atoms with Crippen LogP contribution in [0.1, 0.15) is 84.1 Å². The molecule has 4 aromatic rings. The number of nitrogens with zero attached hydrogens (tertiary/aromatic N) is 8. The Balaban J connectivity index is 0.718. The van der Waals surface area contributed by atoms with E-state index >= 15 is 0 Å². The van der Waals surface area contributed by atoms with Gasteiger partial charge in [-0.05, 0) is 56.0 Å². The Bertz CT molecular complexity index is 2450. The highest BCUT2D eigenvalue weighted by Gasteiger charge is 2.40. The zero-order chi connectivity index (χ0) is 43.9. The first-order chi connectivity index (χ1) is 30.7. The summed E-state index contributed by atoms with van der Waals surface area (Å²) < 4.78 is 13.9. The summed E-state index contributed by atoms with van der Waals surface area (Å²) in [5.74, 6) is 0.203. The number of piperazine rings is 1. The van der Waals surface area contributed by atoms with Crippen molar-refractivity contribution in [3.63, 3.8) is 0 Å². The lowest BCUT2D eigenvalue weighted by Gasteiger charge is -2.34. The molecule has 0 radical (unpaired) electrons. The Kier molecular flexibility index (Phi) is 13.5. The van der Waals surface area contributed by atoms with E-state index in [1.165, 1.54) is 17.3 Å². The molecule has 5 N–H and O–H groups in total. The van der Waals surface area contributed by atoms with Crippen molar-refractivity contribution < 1.29 is 33.4 Å². The second kappa shape index (κ2) is 19.7. The summed E-state index contributed by atoms with van der Waals surface area (Å²) in [7, 11) is 1.58. The molecule has 5 amide bonds. The molecule has 2 aromatic carbocycles. The zero-order valence-electron chi connectivity index (χ0n) is 35.6. The number of benzene rings is 2. The summed E-state index contributed by atoms with van der Waals surface area (Å²) in [5.41, 5.74) is 8.24. The summed E-state index contributed by atoms with van der Waals surface area (Å²) >= 11 is 0. The fourth-order valence-corrected chi connectivity index (χ4v) is 8.74. The van der Waals surface area contributed by atoms with Gasteiger partial charge in [0.1, 0.15) is 17.4 Å². The fraction of sp³-hybridized carbons (Fsp3) is 0.477. The smallest absolute Gasteiger partial charge is 0.283 e. The van der Waals surface area contributed by atoms with Crippen molar-refractivity contribution in [2.24, 2.45) is 4.99 Å². The highest BCUT2D eigenvalue weighted by atomic mass is 16.5. The summed E-state index contributed by atoms with van der Waals surface area (Å²) in [6.45, 7) is 8.11. The molecular formula is C44H54N12O7. The van der Waals surface area contributed by atoms with Gasteiger partial charge in [0.2, 0.25) is 29.3 Å². The number of nitrogens with two attached hydrogens (primary N) is 1. The molecule has 6 heterocycles. The number of nitrogens with one attached hydrogen (secondary N) is 3. The molecule has 0 bridgehead atoms. The number of rotatable bonds is 17. The standard InChI is InChI=1S/C44H54N12O7/c1-62-38-33(14-12-30-37(38)51-44(55-19-16-46-39(30)55)52-40(59)29-25-47-43(45)48-26-29)63-24-8-18-54-22-20-53(21-23-54)17-6-4-2-3-5-11-34(57)49-31-10-7-9-28-27-56(42(61)36(28)31)32-13-15-35(58)50-41(32)60/h7,9-10,12,14,25-26,32,46H,2-6,8,11,13,15-24,27H2,1H3,(H,49,57)(H2,45,47,48)(H,50,58,60). The zero-order valence-corrected chi connectivity index (χ0v) is 35.6. The van der Waals surface area contributed by atoms with Crippen LogP contribution < -0.4 is 36.8 Å². The Labute approximate surface area is 364 Å². The van der Waals surface area contributed by atoms with E-state index in [1.54, 1.807) is 19.2 Å². The van der Waals surface area contributed by atoms with Crippen LogP contribution in [0.3, 0.4) is 0 Å². The van der Waals surface area contributed by atoms with Gasteiger partial charge in [-0.1, -0.05) is 31.4 Å². The Hall–Kier alpha value is -6.47. The number of hydrogen-bond donors (Lipinski definition) is 4. The molecule has 0 spiro atoms. The maximum Gasteiger partial charge on any atom is 0.283 e. The second-order valence-corrected chi connectivity index (χ2v) is 16.3. The molecule has 2 aromatic heterocycles. The van der Waals surface area contributed by atoms with Gasteiger partial charge in [0.25, 0.3) is 11.8 Å². The van der Waals surface area contributed by atoms with Gasteiger partial charge < -0.3 is 40.5 Å². The van der Waals surface area contributed by atoms with Crippen LogP contribution in [0.25, 0.3) is 10.9 Å². The summed E-state index contributed by atoms with van der Waals surface area (Å²) in [4.78, 5) is 86.5. The SMILES string of the molecule is COc1c(OCCCN2CCN(CCCCCCCC(=O)Nc3cccc4c3C(=O)N(C3CCC(=O)NC3=O)C4)CC2)ccc2c3n(c(=NC(=O)c4cnc(N)nc4)nc12)CCN3. The van der Waals surface area contributed by atoms with Crippen LogP contribution in [0.2, 0.25) is 0 Å². The van der Waals surface area contributed by atoms with E-state index in [4.69, 9.17) is 20.2 Å². The first-order valence-corrected chi connectivity index (χ1v) is 21.8. The van der Waals surface area contributed by atoms with Crippen molar-refractivity contribution in [1.29, 1.82) is 0 Å². The van der Waals surface area contributed by atoms with Crippen LogP contribution in [0.5, 0.6) is 11.5 Å². The van der Waals surface area contributed by atoms with E-state index < -0.39 is 17.9 Å². The molecule has 0 aliphatic carbocycles. The number of amides is 5. The molecule has 1 atom stereocenters. The van der Waals surface area contributed by atoms with Crippen molar-refractivity contribution >= 4 is 57.9 Å². The number of aromatic nitrogens is 4. The van der Waals surface area contributed by atoms with E-state index in [1.807, 2.05) is 22.8 Å². The van der Waals surface area contributed by atoms with Crippen LogP contribution in [0.4, 0.5) is 17.5 Å². The molecule has 0 saturated carbocycles. The Morgan fingerprint density at radius 3 is 2.44 bits per heavy atom. The predicted octanol–water partition coefficient (Wildman–Crippen LogP) is 2.71. The monoisotopic (exact) mass is 862 g/mol. The van der Waals surface area contributed by atoms with E-state index in [0.29, 0.717) is 60.8 Å². The number of imide groups is 1. The first-order valence-electron chi connectivity index (χ1n) is 21.8. The highest BCUT2D eigenvalue weighted by Crippen LogP contribution is 2.37. The van der Waals surface area contributed by atoms with E-state index in [-0.39, 0.29) is 47.8 Å². The average Bonchev–Trinajstić information content (AvgIpc) is 3.91. The van der Waals surface area contributed by atoms with Gasteiger partial charge in [0.15, 0.2) is 11.5 Å². The molecule has 4 aliphatic heterocycles. The molecule has 19 heteroatoms. The van der Waals surface area contributed by atoms with Crippen molar-refractivity contribution in [3.05, 3.63) is 65.0 Å².